The quantitative estimate of drug-likeness (QED) is 0.603. The number of rotatable bonds is 8. The Morgan fingerprint density at radius 2 is 1.83 bits per heavy atom. The molecule has 1 N–H and O–H groups in total. The molecule has 0 aliphatic heterocycles. The number of benzene rings is 2. The second kappa shape index (κ2) is 9.98. The van der Waals surface area contributed by atoms with E-state index >= 15 is 0 Å². The highest BCUT2D eigenvalue weighted by Crippen LogP contribution is 2.28. The number of carbonyl (C=O) groups excluding carboxylic acids is 1. The Morgan fingerprint density at radius 3 is 2.38 bits per heavy atom. The summed E-state index contributed by atoms with van der Waals surface area (Å²) in [7, 11) is -4.06. The van der Waals surface area contributed by atoms with Gasteiger partial charge in [-0.1, -0.05) is 42.8 Å². The fraction of sp³-hybridized carbons (Fsp3) is 0.381. The molecule has 29 heavy (non-hydrogen) atoms. The Bertz CT molecular complexity index is 925. The van der Waals surface area contributed by atoms with Gasteiger partial charge in [0.25, 0.3) is 0 Å². The molecule has 6 nitrogen and oxygen atoms in total. The lowest BCUT2D eigenvalue weighted by Crippen LogP contribution is -2.44. The third-order valence-electron chi connectivity index (χ3n) is 4.61. The number of hydrogen-bond donors (Lipinski definition) is 1. The predicted molar refractivity (Wildman–Crippen MR) is 115 cm³/mol. The zero-order valence-electron chi connectivity index (χ0n) is 17.1. The van der Waals surface area contributed by atoms with Crippen LogP contribution in [-0.2, 0) is 16.7 Å². The molecule has 0 saturated heterocycles. The molecule has 0 aliphatic carbocycles. The van der Waals surface area contributed by atoms with E-state index in [2.05, 4.69) is 5.32 Å². The molecular formula is C21H27ClN2O4S. The molecule has 158 valence electrons. The van der Waals surface area contributed by atoms with Crippen LogP contribution in [0.15, 0.2) is 47.4 Å². The van der Waals surface area contributed by atoms with Gasteiger partial charge in [0.2, 0.25) is 0 Å². The summed E-state index contributed by atoms with van der Waals surface area (Å²) in [4.78, 5) is 14.0. The maximum atomic E-state index is 12.6. The number of urea groups is 1. The van der Waals surface area contributed by atoms with Crippen molar-refractivity contribution in [3.8, 4) is 5.75 Å². The first-order valence-corrected chi connectivity index (χ1v) is 11.3. The van der Waals surface area contributed by atoms with Crippen LogP contribution in [-0.4, -0.2) is 31.9 Å². The first-order valence-electron chi connectivity index (χ1n) is 9.52. The Morgan fingerprint density at radius 1 is 1.17 bits per heavy atom. The lowest BCUT2D eigenvalue weighted by atomic mass is 10.1. The molecule has 0 heterocycles. The van der Waals surface area contributed by atoms with Crippen molar-refractivity contribution in [2.45, 2.75) is 51.6 Å². The Labute approximate surface area is 177 Å². The summed E-state index contributed by atoms with van der Waals surface area (Å²) in [6.07, 6.45) is 0.827. The Balaban J connectivity index is 2.18. The molecule has 0 radical (unpaired) electrons. The van der Waals surface area contributed by atoms with E-state index in [4.69, 9.17) is 15.8 Å². The second-order valence-electron chi connectivity index (χ2n) is 6.79. The molecule has 2 rings (SSSR count). The van der Waals surface area contributed by atoms with Crippen molar-refractivity contribution in [3.63, 3.8) is 0 Å². The van der Waals surface area contributed by atoms with Crippen LogP contribution in [0.1, 0.15) is 38.3 Å². The standard InChI is InChI=1S/C21H27ClN2O4S/c1-5-16(4)24(21(25)23-6-2)14-17-10-12-18(13-11-17)28-29(26,27)20-15(3)8-7-9-19(20)22/h7-13,16H,5-6,14H2,1-4H3,(H,23,25)/t16-/m0/s1. The van der Waals surface area contributed by atoms with Gasteiger partial charge in [0, 0.05) is 19.1 Å². The molecule has 0 unspecified atom stereocenters. The number of aryl methyl sites for hydroxylation is 1. The van der Waals surface area contributed by atoms with Crippen molar-refractivity contribution in [2.75, 3.05) is 6.54 Å². The highest BCUT2D eigenvalue weighted by atomic mass is 35.5. The first kappa shape index (κ1) is 23.0. The summed E-state index contributed by atoms with van der Waals surface area (Å²) in [5.41, 5.74) is 1.38. The number of nitrogens with one attached hydrogen (secondary N) is 1. The second-order valence-corrected chi connectivity index (χ2v) is 8.68. The summed E-state index contributed by atoms with van der Waals surface area (Å²) in [6.45, 7) is 8.52. The molecule has 8 heteroatoms. The molecule has 1 atom stereocenters. The van der Waals surface area contributed by atoms with Crippen LogP contribution in [0.2, 0.25) is 5.02 Å². The van der Waals surface area contributed by atoms with Gasteiger partial charge in [-0.15, -0.1) is 0 Å². The number of carbonyl (C=O) groups is 1. The fourth-order valence-corrected chi connectivity index (χ4v) is 4.57. The summed E-state index contributed by atoms with van der Waals surface area (Å²) >= 11 is 6.06. The predicted octanol–water partition coefficient (Wildman–Crippen LogP) is 4.75. The summed E-state index contributed by atoms with van der Waals surface area (Å²) < 4.78 is 30.5. The van der Waals surface area contributed by atoms with Gasteiger partial charge >= 0.3 is 16.1 Å². The number of amides is 2. The summed E-state index contributed by atoms with van der Waals surface area (Å²) in [5.74, 6) is 0.182. The van der Waals surface area contributed by atoms with E-state index in [0.29, 0.717) is 18.7 Å². The number of hydrogen-bond acceptors (Lipinski definition) is 4. The highest BCUT2D eigenvalue weighted by Gasteiger charge is 2.23. The van der Waals surface area contributed by atoms with Gasteiger partial charge in [-0.25, -0.2) is 4.79 Å². The molecular weight excluding hydrogens is 412 g/mol. The molecule has 2 aromatic carbocycles. The normalized spacial score (nSPS) is 12.3. The Kier molecular flexibility index (Phi) is 7.93. The zero-order valence-corrected chi connectivity index (χ0v) is 18.7. The summed E-state index contributed by atoms with van der Waals surface area (Å²) in [6, 6.07) is 11.5. The van der Waals surface area contributed by atoms with Crippen LogP contribution in [0.25, 0.3) is 0 Å². The van der Waals surface area contributed by atoms with Crippen molar-refractivity contribution in [3.05, 3.63) is 58.6 Å². The smallest absolute Gasteiger partial charge is 0.340 e. The zero-order chi connectivity index (χ0) is 21.6. The third-order valence-corrected chi connectivity index (χ3v) is 6.49. The van der Waals surface area contributed by atoms with Gasteiger partial charge in [0.1, 0.15) is 10.6 Å². The highest BCUT2D eigenvalue weighted by molar-refractivity contribution is 7.87. The monoisotopic (exact) mass is 438 g/mol. The molecule has 0 aromatic heterocycles. The molecule has 0 spiro atoms. The van der Waals surface area contributed by atoms with Gasteiger partial charge in [-0.05, 0) is 56.5 Å². The molecule has 2 amide bonds. The van der Waals surface area contributed by atoms with Crippen molar-refractivity contribution in [1.82, 2.24) is 10.2 Å². The van der Waals surface area contributed by atoms with Crippen LogP contribution in [0.4, 0.5) is 4.79 Å². The largest absolute Gasteiger partial charge is 0.379 e. The number of nitrogens with zero attached hydrogens (tertiary/aromatic N) is 1. The number of halogens is 1. The molecule has 0 bridgehead atoms. The molecule has 0 saturated carbocycles. The minimum atomic E-state index is -4.06. The van der Waals surface area contributed by atoms with E-state index in [9.17, 15) is 13.2 Å². The minimum Gasteiger partial charge on any atom is -0.379 e. The first-order chi connectivity index (χ1) is 13.7. The van der Waals surface area contributed by atoms with Gasteiger partial charge in [0.05, 0.1) is 5.02 Å². The SMILES string of the molecule is CCNC(=O)N(Cc1ccc(OS(=O)(=O)c2c(C)cccc2Cl)cc1)[C@@H](C)CC. The van der Waals surface area contributed by atoms with Crippen LogP contribution in [0.3, 0.4) is 0 Å². The molecule has 0 fully saturated rings. The molecule has 2 aromatic rings. The van der Waals surface area contributed by atoms with Crippen LogP contribution in [0.5, 0.6) is 5.75 Å². The van der Waals surface area contributed by atoms with E-state index in [-0.39, 0.29) is 27.7 Å². The lowest BCUT2D eigenvalue weighted by molar-refractivity contribution is 0.174. The van der Waals surface area contributed by atoms with Crippen LogP contribution >= 0.6 is 11.6 Å². The van der Waals surface area contributed by atoms with Crippen molar-refractivity contribution in [1.29, 1.82) is 0 Å². The third kappa shape index (κ3) is 5.87. The lowest BCUT2D eigenvalue weighted by Gasteiger charge is -2.28. The van der Waals surface area contributed by atoms with Gasteiger partial charge in [-0.2, -0.15) is 8.42 Å². The van der Waals surface area contributed by atoms with Crippen molar-refractivity contribution in [2.24, 2.45) is 0 Å². The topological polar surface area (TPSA) is 75.7 Å². The minimum absolute atomic E-state index is 0.0371. The maximum absolute atomic E-state index is 12.6. The van der Waals surface area contributed by atoms with E-state index in [0.717, 1.165) is 12.0 Å². The summed E-state index contributed by atoms with van der Waals surface area (Å²) in [5, 5.41) is 2.94. The van der Waals surface area contributed by atoms with Gasteiger partial charge < -0.3 is 14.4 Å². The van der Waals surface area contributed by atoms with E-state index in [1.165, 1.54) is 6.07 Å². The van der Waals surface area contributed by atoms with Gasteiger partial charge in [-0.3, -0.25) is 0 Å². The van der Waals surface area contributed by atoms with Crippen LogP contribution < -0.4 is 9.50 Å². The molecule has 0 aliphatic rings. The average molecular weight is 439 g/mol. The van der Waals surface area contributed by atoms with Crippen molar-refractivity contribution < 1.29 is 17.4 Å². The van der Waals surface area contributed by atoms with E-state index < -0.39 is 10.1 Å². The average Bonchev–Trinajstić information content (AvgIpc) is 2.66. The van der Waals surface area contributed by atoms with E-state index in [1.54, 1.807) is 48.2 Å². The van der Waals surface area contributed by atoms with Crippen LogP contribution in [0, 0.1) is 6.92 Å². The van der Waals surface area contributed by atoms with Crippen molar-refractivity contribution >= 4 is 27.8 Å². The maximum Gasteiger partial charge on any atom is 0.340 e. The van der Waals surface area contributed by atoms with E-state index in [1.807, 2.05) is 20.8 Å². The Hall–Kier alpha value is -2.25. The fourth-order valence-electron chi connectivity index (χ4n) is 2.85. The van der Waals surface area contributed by atoms with Gasteiger partial charge in [0.15, 0.2) is 0 Å².